The smallest absolute Gasteiger partial charge is 0.337 e. The second-order valence-electron chi connectivity index (χ2n) is 3.05. The van der Waals surface area contributed by atoms with E-state index in [2.05, 4.69) is 17.9 Å². The largest absolute Gasteiger partial charge is 0.480 e. The summed E-state index contributed by atoms with van der Waals surface area (Å²) in [6, 6.07) is -0.716. The molecule has 2 atom stereocenters. The Bertz CT molecular complexity index is 273. The summed E-state index contributed by atoms with van der Waals surface area (Å²) in [4.78, 5) is 21.3. The molecule has 0 spiro atoms. The van der Waals surface area contributed by atoms with Crippen molar-refractivity contribution in [3.8, 4) is 0 Å². The summed E-state index contributed by atoms with van der Waals surface area (Å²) in [7, 11) is 0. The van der Waals surface area contributed by atoms with Crippen molar-refractivity contribution in [2.24, 2.45) is 0 Å². The van der Waals surface area contributed by atoms with Crippen LogP contribution in [0.5, 0.6) is 0 Å². The van der Waals surface area contributed by atoms with E-state index in [4.69, 9.17) is 9.84 Å². The van der Waals surface area contributed by atoms with E-state index in [1.54, 1.807) is 6.92 Å². The topological polar surface area (TPSA) is 75.6 Å². The minimum absolute atomic E-state index is 0.209. The quantitative estimate of drug-likeness (QED) is 0.481. The van der Waals surface area contributed by atoms with E-state index >= 15 is 0 Å². The van der Waals surface area contributed by atoms with Crippen LogP contribution in [-0.2, 0) is 14.3 Å². The Balaban J connectivity index is 2.72. The van der Waals surface area contributed by atoms with Crippen molar-refractivity contribution in [1.29, 1.82) is 0 Å². The minimum atomic E-state index is -1.01. The van der Waals surface area contributed by atoms with E-state index in [9.17, 15) is 9.59 Å². The molecule has 1 aliphatic rings. The lowest BCUT2D eigenvalue weighted by molar-refractivity contribution is -0.147. The highest BCUT2D eigenvalue weighted by molar-refractivity contribution is 8.02. The van der Waals surface area contributed by atoms with Crippen molar-refractivity contribution < 1.29 is 19.4 Å². The van der Waals surface area contributed by atoms with Gasteiger partial charge in [0.05, 0.1) is 6.61 Å². The molecule has 0 amide bonds. The molecule has 1 aliphatic heterocycles. The Morgan fingerprint density at radius 1 is 1.73 bits per heavy atom. The van der Waals surface area contributed by atoms with E-state index < -0.39 is 22.9 Å². The number of carboxylic acids is 1. The average Bonchev–Trinajstić information content (AvgIpc) is 2.63. The highest BCUT2D eigenvalue weighted by Crippen LogP contribution is 2.32. The molecule has 1 saturated heterocycles. The molecule has 5 nitrogen and oxygen atoms in total. The van der Waals surface area contributed by atoms with Crippen LogP contribution in [0.25, 0.3) is 0 Å². The zero-order valence-electron chi connectivity index (χ0n) is 8.23. The number of ether oxygens (including phenoxy) is 1. The third-order valence-electron chi connectivity index (χ3n) is 2.03. The van der Waals surface area contributed by atoms with Gasteiger partial charge in [0, 0.05) is 11.5 Å². The van der Waals surface area contributed by atoms with Gasteiger partial charge in [0.15, 0.2) is 4.87 Å². The molecular formula is C8H13NO4S2. The number of esters is 1. The number of hydrogen-bond donors (Lipinski definition) is 3. The normalized spacial score (nSPS) is 30.1. The summed E-state index contributed by atoms with van der Waals surface area (Å²) in [5.41, 5.74) is 0. The van der Waals surface area contributed by atoms with E-state index in [0.717, 1.165) is 0 Å². The van der Waals surface area contributed by atoms with Crippen molar-refractivity contribution in [2.75, 3.05) is 18.1 Å². The van der Waals surface area contributed by atoms with Crippen LogP contribution < -0.4 is 5.32 Å². The lowest BCUT2D eigenvalue weighted by Crippen LogP contribution is -2.52. The second kappa shape index (κ2) is 5.09. The molecule has 0 radical (unpaired) electrons. The molecule has 2 unspecified atom stereocenters. The monoisotopic (exact) mass is 251 g/mol. The maximum Gasteiger partial charge on any atom is 0.337 e. The standard InChI is InChI=1S/C8H13NO4S2/c1-2-13-7(12)8(4-14)9-5(3-15-8)6(10)11/h5,9,14H,2-4H2,1H3,(H,10,11). The van der Waals surface area contributed by atoms with Gasteiger partial charge in [-0.3, -0.25) is 10.1 Å². The predicted octanol–water partition coefficient (Wildman–Crippen LogP) is -0.0348. The second-order valence-corrected chi connectivity index (χ2v) is 4.69. The van der Waals surface area contributed by atoms with Crippen molar-refractivity contribution in [3.05, 3.63) is 0 Å². The lowest BCUT2D eigenvalue weighted by Gasteiger charge is -2.24. The summed E-state index contributed by atoms with van der Waals surface area (Å²) in [5.74, 6) is -0.862. The zero-order valence-corrected chi connectivity index (χ0v) is 9.94. The molecule has 2 N–H and O–H groups in total. The first kappa shape index (κ1) is 12.7. The number of carboxylic acid groups (broad SMARTS) is 1. The van der Waals surface area contributed by atoms with Crippen LogP contribution in [-0.4, -0.2) is 46.1 Å². The van der Waals surface area contributed by atoms with Gasteiger partial charge < -0.3 is 9.84 Å². The average molecular weight is 251 g/mol. The highest BCUT2D eigenvalue weighted by Gasteiger charge is 2.48. The van der Waals surface area contributed by atoms with Crippen molar-refractivity contribution in [1.82, 2.24) is 5.32 Å². The highest BCUT2D eigenvalue weighted by atomic mass is 32.2. The van der Waals surface area contributed by atoms with E-state index in [1.165, 1.54) is 11.8 Å². The summed E-state index contributed by atoms with van der Waals surface area (Å²) < 4.78 is 4.88. The maximum absolute atomic E-state index is 11.6. The molecule has 1 fully saturated rings. The van der Waals surface area contributed by atoms with Crippen LogP contribution in [0.3, 0.4) is 0 Å². The molecule has 15 heavy (non-hydrogen) atoms. The number of thioether (sulfide) groups is 1. The molecule has 0 aliphatic carbocycles. The first-order valence-corrected chi connectivity index (χ1v) is 6.10. The lowest BCUT2D eigenvalue weighted by atomic mass is 10.2. The van der Waals surface area contributed by atoms with Gasteiger partial charge in [0.2, 0.25) is 0 Å². The Kier molecular flexibility index (Phi) is 4.30. The predicted molar refractivity (Wildman–Crippen MR) is 60.2 cm³/mol. The third kappa shape index (κ3) is 2.59. The van der Waals surface area contributed by atoms with E-state index in [1.807, 2.05) is 0 Å². The number of carbonyl (C=O) groups is 2. The molecular weight excluding hydrogens is 238 g/mol. The number of thiol groups is 1. The van der Waals surface area contributed by atoms with E-state index in [-0.39, 0.29) is 12.4 Å². The number of hydrogen-bond acceptors (Lipinski definition) is 6. The van der Waals surface area contributed by atoms with Gasteiger partial charge in [-0.25, -0.2) is 4.79 Å². The molecule has 7 heteroatoms. The van der Waals surface area contributed by atoms with Crippen LogP contribution in [0, 0.1) is 0 Å². The fraction of sp³-hybridized carbons (Fsp3) is 0.750. The Morgan fingerprint density at radius 3 is 2.80 bits per heavy atom. The number of carbonyl (C=O) groups excluding carboxylic acids is 1. The van der Waals surface area contributed by atoms with Crippen LogP contribution >= 0.6 is 24.4 Å². The van der Waals surface area contributed by atoms with Crippen LogP contribution in [0.2, 0.25) is 0 Å². The van der Waals surface area contributed by atoms with Gasteiger partial charge in [-0.15, -0.1) is 11.8 Å². The number of aliphatic carboxylic acids is 1. The van der Waals surface area contributed by atoms with Crippen molar-refractivity contribution >= 4 is 36.3 Å². The number of rotatable bonds is 4. The summed E-state index contributed by atoms with van der Waals surface area (Å²) in [5, 5.41) is 11.6. The molecule has 0 aromatic rings. The summed E-state index contributed by atoms with van der Waals surface area (Å²) >= 11 is 5.30. The molecule has 1 heterocycles. The van der Waals surface area contributed by atoms with Gasteiger partial charge in [-0.05, 0) is 6.92 Å². The minimum Gasteiger partial charge on any atom is -0.480 e. The van der Waals surface area contributed by atoms with Crippen LogP contribution in [0.4, 0.5) is 0 Å². The van der Waals surface area contributed by atoms with Crippen LogP contribution in [0.15, 0.2) is 0 Å². The van der Waals surface area contributed by atoms with Crippen molar-refractivity contribution in [2.45, 2.75) is 17.8 Å². The summed E-state index contributed by atoms with van der Waals surface area (Å²) in [6.45, 7) is 1.98. The molecule has 1 rings (SSSR count). The third-order valence-corrected chi connectivity index (χ3v) is 4.14. The van der Waals surface area contributed by atoms with E-state index in [0.29, 0.717) is 5.75 Å². The van der Waals surface area contributed by atoms with Gasteiger partial charge in [-0.2, -0.15) is 12.6 Å². The molecule has 0 bridgehead atoms. The molecule has 0 saturated carbocycles. The summed E-state index contributed by atoms with van der Waals surface area (Å²) in [6.07, 6.45) is 0. The maximum atomic E-state index is 11.6. The van der Waals surface area contributed by atoms with Gasteiger partial charge >= 0.3 is 11.9 Å². The van der Waals surface area contributed by atoms with Gasteiger partial charge in [-0.1, -0.05) is 0 Å². The zero-order chi connectivity index (χ0) is 11.5. The Hall–Kier alpha value is -0.400. The number of nitrogens with one attached hydrogen (secondary N) is 1. The Labute approximate surface area is 97.3 Å². The fourth-order valence-electron chi connectivity index (χ4n) is 1.24. The Morgan fingerprint density at radius 2 is 2.40 bits per heavy atom. The molecule has 0 aromatic heterocycles. The molecule has 86 valence electrons. The van der Waals surface area contributed by atoms with Gasteiger partial charge in [0.25, 0.3) is 0 Å². The fourth-order valence-corrected chi connectivity index (χ4v) is 2.91. The van der Waals surface area contributed by atoms with Crippen LogP contribution in [0.1, 0.15) is 6.92 Å². The first-order valence-electron chi connectivity index (χ1n) is 4.48. The molecule has 0 aromatic carbocycles. The van der Waals surface area contributed by atoms with Crippen molar-refractivity contribution in [3.63, 3.8) is 0 Å². The van der Waals surface area contributed by atoms with Gasteiger partial charge in [0.1, 0.15) is 6.04 Å². The first-order chi connectivity index (χ1) is 7.05. The SMILES string of the molecule is CCOC(=O)C1(CS)NC(C(=O)O)CS1.